The molecule has 0 bridgehead atoms. The lowest BCUT2D eigenvalue weighted by Crippen LogP contribution is -2.47. The predicted molar refractivity (Wildman–Crippen MR) is 90.0 cm³/mol. The number of rotatable bonds is 5. The fourth-order valence-corrected chi connectivity index (χ4v) is 4.38. The molecule has 128 valence electrons. The Labute approximate surface area is 141 Å². The molecule has 23 heavy (non-hydrogen) atoms. The topological polar surface area (TPSA) is 58.8 Å². The van der Waals surface area contributed by atoms with Gasteiger partial charge in [-0.05, 0) is 19.1 Å². The van der Waals surface area contributed by atoms with Crippen LogP contribution in [0.5, 0.6) is 0 Å². The Kier molecular flexibility index (Phi) is 5.61. The van der Waals surface area contributed by atoms with Crippen LogP contribution in [0.25, 0.3) is 0 Å². The second kappa shape index (κ2) is 7.68. The molecule has 6 nitrogen and oxygen atoms in total. The third-order valence-corrected chi connectivity index (χ3v) is 5.62. The summed E-state index contributed by atoms with van der Waals surface area (Å²) in [6, 6.07) is 0.310. The number of hydrogen-bond acceptors (Lipinski definition) is 6. The Morgan fingerprint density at radius 1 is 1.39 bits per heavy atom. The summed E-state index contributed by atoms with van der Waals surface area (Å²) in [4.78, 5) is 21.7. The Morgan fingerprint density at radius 2 is 2.17 bits per heavy atom. The highest BCUT2D eigenvalue weighted by Crippen LogP contribution is 2.24. The normalized spacial score (nSPS) is 22.4. The van der Waals surface area contributed by atoms with Gasteiger partial charge in [0.15, 0.2) is 11.6 Å². The van der Waals surface area contributed by atoms with Gasteiger partial charge in [-0.2, -0.15) is 11.8 Å². The van der Waals surface area contributed by atoms with E-state index in [9.17, 15) is 4.79 Å². The number of hydrogen-bond donors (Lipinski definition) is 0. The summed E-state index contributed by atoms with van der Waals surface area (Å²) < 4.78 is 10.8. The molecule has 0 aromatic carbocycles. The molecule has 2 saturated heterocycles. The molecule has 2 aliphatic rings. The Bertz CT molecular complexity index is 537. The number of carbonyl (C=O) groups is 1. The maximum absolute atomic E-state index is 13.0. The summed E-state index contributed by atoms with van der Waals surface area (Å²) in [5.41, 5.74) is 0.473. The highest BCUT2D eigenvalue weighted by molar-refractivity contribution is 7.99. The van der Waals surface area contributed by atoms with Gasteiger partial charge in [0.2, 0.25) is 0 Å². The van der Waals surface area contributed by atoms with Crippen LogP contribution in [0.3, 0.4) is 0 Å². The van der Waals surface area contributed by atoms with Crippen LogP contribution in [0.2, 0.25) is 0 Å². The van der Waals surface area contributed by atoms with Crippen molar-refractivity contribution in [2.24, 2.45) is 0 Å². The smallest absolute Gasteiger partial charge is 0.276 e. The first-order valence-electron chi connectivity index (χ1n) is 8.28. The van der Waals surface area contributed by atoms with Gasteiger partial charge in [-0.25, -0.2) is 4.98 Å². The lowest BCUT2D eigenvalue weighted by molar-refractivity contribution is 0.0302. The number of morpholine rings is 1. The van der Waals surface area contributed by atoms with Gasteiger partial charge in [0, 0.05) is 44.9 Å². The molecule has 3 rings (SSSR count). The molecule has 1 atom stereocenters. The van der Waals surface area contributed by atoms with Gasteiger partial charge in [0.25, 0.3) is 5.91 Å². The number of carbonyl (C=O) groups excluding carboxylic acids is 1. The summed E-state index contributed by atoms with van der Waals surface area (Å²) in [5, 5.41) is 0. The van der Waals surface area contributed by atoms with Gasteiger partial charge >= 0.3 is 0 Å². The molecule has 0 radical (unpaired) electrons. The van der Waals surface area contributed by atoms with Crippen LogP contribution in [0.4, 0.5) is 0 Å². The molecule has 7 heteroatoms. The number of amides is 1. The number of nitrogens with zero attached hydrogens (tertiary/aromatic N) is 3. The zero-order valence-corrected chi connectivity index (χ0v) is 14.7. The van der Waals surface area contributed by atoms with Gasteiger partial charge in [-0.1, -0.05) is 0 Å². The SMILES string of the molecule is Cc1nc(C(=O)N(CCN2CCOCC2)C2CCSC2)c(C)o1. The fourth-order valence-electron chi connectivity index (χ4n) is 3.16. The highest BCUT2D eigenvalue weighted by Gasteiger charge is 2.30. The molecule has 3 heterocycles. The van der Waals surface area contributed by atoms with E-state index in [1.165, 1.54) is 0 Å². The van der Waals surface area contributed by atoms with E-state index in [0.29, 0.717) is 23.4 Å². The Hall–Kier alpha value is -1.05. The zero-order chi connectivity index (χ0) is 16.2. The molecule has 1 aromatic rings. The molecule has 1 aromatic heterocycles. The fraction of sp³-hybridized carbons (Fsp3) is 0.750. The van der Waals surface area contributed by atoms with Gasteiger partial charge in [0.1, 0.15) is 5.76 Å². The predicted octanol–water partition coefficient (Wildman–Crippen LogP) is 1.57. The number of aromatic nitrogens is 1. The van der Waals surface area contributed by atoms with Gasteiger partial charge in [0.05, 0.1) is 13.2 Å². The standard InChI is InChI=1S/C16H25N3O3S/c1-12-15(17-13(2)22-12)16(20)19(14-3-10-23-11-14)5-4-18-6-8-21-9-7-18/h14H,3-11H2,1-2H3. The molecule has 0 N–H and O–H groups in total. The third-order valence-electron chi connectivity index (χ3n) is 4.47. The van der Waals surface area contributed by atoms with Crippen molar-refractivity contribution in [2.75, 3.05) is 50.9 Å². The van der Waals surface area contributed by atoms with Gasteiger partial charge < -0.3 is 14.1 Å². The molecule has 1 unspecified atom stereocenters. The monoisotopic (exact) mass is 339 g/mol. The van der Waals surface area contributed by atoms with Crippen molar-refractivity contribution in [3.63, 3.8) is 0 Å². The van der Waals surface area contributed by atoms with Crippen LogP contribution in [0.1, 0.15) is 28.6 Å². The van der Waals surface area contributed by atoms with Crippen molar-refractivity contribution in [2.45, 2.75) is 26.3 Å². The summed E-state index contributed by atoms with van der Waals surface area (Å²) in [7, 11) is 0. The molecule has 0 saturated carbocycles. The van der Waals surface area contributed by atoms with Crippen molar-refractivity contribution in [1.29, 1.82) is 0 Å². The van der Waals surface area contributed by atoms with E-state index in [2.05, 4.69) is 9.88 Å². The second-order valence-corrected chi connectivity index (χ2v) is 7.26. The van der Waals surface area contributed by atoms with E-state index in [1.54, 1.807) is 6.92 Å². The van der Waals surface area contributed by atoms with Crippen molar-refractivity contribution < 1.29 is 13.9 Å². The molecule has 0 spiro atoms. The first-order valence-corrected chi connectivity index (χ1v) is 9.43. The average Bonchev–Trinajstić information content (AvgIpc) is 3.18. The third kappa shape index (κ3) is 4.08. The number of aryl methyl sites for hydroxylation is 2. The van der Waals surface area contributed by atoms with Crippen LogP contribution in [-0.4, -0.2) is 77.6 Å². The summed E-state index contributed by atoms with van der Waals surface area (Å²) in [6.07, 6.45) is 1.06. The van der Waals surface area contributed by atoms with Crippen molar-refractivity contribution in [3.8, 4) is 0 Å². The molecule has 0 aliphatic carbocycles. The highest BCUT2D eigenvalue weighted by atomic mass is 32.2. The molecular weight excluding hydrogens is 314 g/mol. The lowest BCUT2D eigenvalue weighted by Gasteiger charge is -2.32. The van der Waals surface area contributed by atoms with Gasteiger partial charge in [-0.3, -0.25) is 9.69 Å². The van der Waals surface area contributed by atoms with Crippen LogP contribution >= 0.6 is 11.8 Å². The number of ether oxygens (including phenoxy) is 1. The first-order chi connectivity index (χ1) is 11.1. The maximum atomic E-state index is 13.0. The van der Waals surface area contributed by atoms with Crippen molar-refractivity contribution in [1.82, 2.24) is 14.8 Å². The Morgan fingerprint density at radius 3 is 2.78 bits per heavy atom. The Balaban J connectivity index is 1.69. The van der Waals surface area contributed by atoms with E-state index in [1.807, 2.05) is 23.6 Å². The summed E-state index contributed by atoms with van der Waals surface area (Å²) in [5.74, 6) is 3.34. The van der Waals surface area contributed by atoms with E-state index in [4.69, 9.17) is 9.15 Å². The van der Waals surface area contributed by atoms with E-state index < -0.39 is 0 Å². The summed E-state index contributed by atoms with van der Waals surface area (Å²) >= 11 is 1.92. The molecular formula is C16H25N3O3S. The minimum Gasteiger partial charge on any atom is -0.445 e. The number of thioether (sulfide) groups is 1. The second-order valence-electron chi connectivity index (χ2n) is 6.11. The molecule has 2 aliphatic heterocycles. The van der Waals surface area contributed by atoms with Crippen LogP contribution in [-0.2, 0) is 4.74 Å². The minimum absolute atomic E-state index is 0.0140. The lowest BCUT2D eigenvalue weighted by atomic mass is 10.2. The van der Waals surface area contributed by atoms with E-state index in [-0.39, 0.29) is 5.91 Å². The molecule has 2 fully saturated rings. The van der Waals surface area contributed by atoms with Crippen molar-refractivity contribution >= 4 is 17.7 Å². The zero-order valence-electron chi connectivity index (χ0n) is 13.9. The molecule has 1 amide bonds. The minimum atomic E-state index is 0.0140. The van der Waals surface area contributed by atoms with Crippen LogP contribution in [0.15, 0.2) is 4.42 Å². The first kappa shape index (κ1) is 16.8. The maximum Gasteiger partial charge on any atom is 0.276 e. The number of oxazole rings is 1. The quantitative estimate of drug-likeness (QED) is 0.812. The largest absolute Gasteiger partial charge is 0.445 e. The van der Waals surface area contributed by atoms with Gasteiger partial charge in [-0.15, -0.1) is 0 Å². The van der Waals surface area contributed by atoms with Crippen molar-refractivity contribution in [3.05, 3.63) is 17.3 Å². The van der Waals surface area contributed by atoms with E-state index in [0.717, 1.165) is 57.3 Å². The van der Waals surface area contributed by atoms with Crippen LogP contribution < -0.4 is 0 Å². The van der Waals surface area contributed by atoms with Crippen LogP contribution in [0, 0.1) is 13.8 Å². The van der Waals surface area contributed by atoms with E-state index >= 15 is 0 Å². The summed E-state index contributed by atoms with van der Waals surface area (Å²) in [6.45, 7) is 8.71. The average molecular weight is 339 g/mol.